The number of nitrogens with one attached hydrogen (secondary N) is 1. The largest absolute Gasteiger partial charge is 0.361 e. The molecule has 122 valence electrons. The molecule has 1 aromatic heterocycles. The van der Waals surface area contributed by atoms with Crippen LogP contribution in [0.4, 0.5) is 0 Å². The SMILES string of the molecule is O=C1C=C(C(C(=O)c2ccc(Cl)cc2)c2c[nH]c3ccccc23)N=N1. The number of ketones is 1. The van der Waals surface area contributed by atoms with Gasteiger partial charge in [0, 0.05) is 33.8 Å². The van der Waals surface area contributed by atoms with Crippen LogP contribution in [0.2, 0.25) is 5.02 Å². The predicted octanol–water partition coefficient (Wildman–Crippen LogP) is 4.66. The van der Waals surface area contributed by atoms with Gasteiger partial charge in [-0.3, -0.25) is 9.59 Å². The molecule has 1 aliphatic rings. The van der Waals surface area contributed by atoms with Gasteiger partial charge < -0.3 is 4.98 Å². The number of hydrogen-bond acceptors (Lipinski definition) is 3. The van der Waals surface area contributed by atoms with Crippen molar-refractivity contribution in [2.75, 3.05) is 0 Å². The van der Waals surface area contributed by atoms with E-state index in [4.69, 9.17) is 11.6 Å². The zero-order valence-electron chi connectivity index (χ0n) is 12.9. The second kappa shape index (κ2) is 6.11. The summed E-state index contributed by atoms with van der Waals surface area (Å²) < 4.78 is 0. The van der Waals surface area contributed by atoms with Crippen LogP contribution in [-0.2, 0) is 4.79 Å². The van der Waals surface area contributed by atoms with E-state index in [9.17, 15) is 9.59 Å². The number of halogens is 1. The van der Waals surface area contributed by atoms with Gasteiger partial charge in [-0.05, 0) is 35.9 Å². The van der Waals surface area contributed by atoms with Gasteiger partial charge >= 0.3 is 0 Å². The standard InChI is InChI=1S/C19H12ClN3O2/c20-12-7-5-11(6-8-12)19(25)18(16-9-17(24)23-22-16)14-10-21-15-4-2-1-3-13(14)15/h1-10,18,21H. The first-order valence-electron chi connectivity index (χ1n) is 7.66. The van der Waals surface area contributed by atoms with E-state index in [1.165, 1.54) is 6.08 Å². The van der Waals surface area contributed by atoms with Gasteiger partial charge in [0.25, 0.3) is 5.91 Å². The molecule has 2 heterocycles. The number of para-hydroxylation sites is 1. The minimum absolute atomic E-state index is 0.165. The zero-order chi connectivity index (χ0) is 17.4. The molecule has 0 bridgehead atoms. The Bertz CT molecular complexity index is 1050. The van der Waals surface area contributed by atoms with Crippen molar-refractivity contribution in [2.24, 2.45) is 10.2 Å². The second-order valence-corrected chi connectivity index (χ2v) is 6.14. The lowest BCUT2D eigenvalue weighted by Crippen LogP contribution is -2.14. The summed E-state index contributed by atoms with van der Waals surface area (Å²) >= 11 is 5.91. The zero-order valence-corrected chi connectivity index (χ0v) is 13.7. The van der Waals surface area contributed by atoms with Crippen LogP contribution in [0.25, 0.3) is 10.9 Å². The monoisotopic (exact) mass is 349 g/mol. The highest BCUT2D eigenvalue weighted by Gasteiger charge is 2.31. The Morgan fingerprint density at radius 2 is 1.80 bits per heavy atom. The van der Waals surface area contributed by atoms with Gasteiger partial charge in [0.15, 0.2) is 5.78 Å². The van der Waals surface area contributed by atoms with Crippen LogP contribution < -0.4 is 0 Å². The van der Waals surface area contributed by atoms with E-state index in [1.54, 1.807) is 30.5 Å². The van der Waals surface area contributed by atoms with Crippen LogP contribution in [0.1, 0.15) is 21.8 Å². The van der Waals surface area contributed by atoms with Crippen molar-refractivity contribution < 1.29 is 9.59 Å². The minimum atomic E-state index is -0.715. The maximum absolute atomic E-state index is 13.2. The third kappa shape index (κ3) is 2.79. The molecule has 0 spiro atoms. The van der Waals surface area contributed by atoms with Gasteiger partial charge in [-0.1, -0.05) is 29.8 Å². The topological polar surface area (TPSA) is 74.7 Å². The van der Waals surface area contributed by atoms with E-state index in [-0.39, 0.29) is 5.78 Å². The highest BCUT2D eigenvalue weighted by atomic mass is 35.5. The summed E-state index contributed by atoms with van der Waals surface area (Å²) in [7, 11) is 0. The average Bonchev–Trinajstić information content (AvgIpc) is 3.23. The van der Waals surface area contributed by atoms with E-state index >= 15 is 0 Å². The lowest BCUT2D eigenvalue weighted by molar-refractivity contribution is -0.113. The molecule has 1 atom stereocenters. The Labute approximate surface area is 148 Å². The van der Waals surface area contributed by atoms with Gasteiger partial charge in [-0.2, -0.15) is 5.11 Å². The molecule has 25 heavy (non-hydrogen) atoms. The molecule has 0 fully saturated rings. The number of H-pyrrole nitrogens is 1. The molecule has 1 N–H and O–H groups in total. The van der Waals surface area contributed by atoms with Crippen molar-refractivity contribution in [3.63, 3.8) is 0 Å². The Morgan fingerprint density at radius 1 is 1.04 bits per heavy atom. The Balaban J connectivity index is 1.86. The molecule has 4 rings (SSSR count). The van der Waals surface area contributed by atoms with Crippen LogP contribution >= 0.6 is 11.6 Å². The molecule has 1 unspecified atom stereocenters. The van der Waals surface area contributed by atoms with Crippen LogP contribution in [0, 0.1) is 0 Å². The van der Waals surface area contributed by atoms with Gasteiger partial charge in [0.2, 0.25) is 0 Å². The van der Waals surface area contributed by atoms with Crippen molar-refractivity contribution in [1.29, 1.82) is 0 Å². The lowest BCUT2D eigenvalue weighted by atomic mass is 9.87. The summed E-state index contributed by atoms with van der Waals surface area (Å²) in [6.07, 6.45) is 3.09. The first-order valence-corrected chi connectivity index (χ1v) is 8.04. The first-order chi connectivity index (χ1) is 12.1. The lowest BCUT2D eigenvalue weighted by Gasteiger charge is -2.14. The summed E-state index contributed by atoms with van der Waals surface area (Å²) in [6.45, 7) is 0. The average molecular weight is 350 g/mol. The number of hydrogen-bond donors (Lipinski definition) is 1. The maximum atomic E-state index is 13.2. The second-order valence-electron chi connectivity index (χ2n) is 5.70. The van der Waals surface area contributed by atoms with E-state index < -0.39 is 11.8 Å². The van der Waals surface area contributed by atoms with Gasteiger partial charge in [-0.25, -0.2) is 0 Å². The third-order valence-electron chi connectivity index (χ3n) is 4.15. The summed E-state index contributed by atoms with van der Waals surface area (Å²) in [5.41, 5.74) is 2.51. The molecule has 0 radical (unpaired) electrons. The fourth-order valence-corrected chi connectivity index (χ4v) is 3.11. The number of aromatic amines is 1. The third-order valence-corrected chi connectivity index (χ3v) is 4.41. The van der Waals surface area contributed by atoms with Gasteiger partial charge in [-0.15, -0.1) is 5.11 Å². The first kappa shape index (κ1) is 15.5. The summed E-state index contributed by atoms with van der Waals surface area (Å²) in [6, 6.07) is 14.3. The van der Waals surface area contributed by atoms with E-state index in [1.807, 2.05) is 24.3 Å². The van der Waals surface area contributed by atoms with Crippen LogP contribution in [0.3, 0.4) is 0 Å². The molecular weight excluding hydrogens is 338 g/mol. The Morgan fingerprint density at radius 3 is 2.52 bits per heavy atom. The number of aromatic nitrogens is 1. The van der Waals surface area contributed by atoms with Crippen molar-refractivity contribution >= 4 is 34.2 Å². The number of carbonyl (C=O) groups excluding carboxylic acids is 2. The highest BCUT2D eigenvalue weighted by molar-refractivity contribution is 6.30. The van der Waals surface area contributed by atoms with E-state index in [2.05, 4.69) is 15.2 Å². The number of fused-ring (bicyclic) bond motifs is 1. The molecule has 2 aromatic carbocycles. The summed E-state index contributed by atoms with van der Waals surface area (Å²) in [4.78, 5) is 27.9. The van der Waals surface area contributed by atoms with E-state index in [0.29, 0.717) is 16.3 Å². The number of nitrogens with zero attached hydrogens (tertiary/aromatic N) is 2. The number of amides is 1. The van der Waals surface area contributed by atoms with Gasteiger partial charge in [0.1, 0.15) is 0 Å². The molecule has 6 heteroatoms. The number of rotatable bonds is 4. The van der Waals surface area contributed by atoms with Crippen molar-refractivity contribution in [1.82, 2.24) is 4.98 Å². The number of Topliss-reactive ketones (excluding diaryl/α,β-unsaturated/α-hetero) is 1. The molecule has 5 nitrogen and oxygen atoms in total. The molecule has 0 saturated carbocycles. The van der Waals surface area contributed by atoms with Gasteiger partial charge in [0.05, 0.1) is 11.6 Å². The summed E-state index contributed by atoms with van der Waals surface area (Å²) in [5, 5.41) is 8.91. The number of benzene rings is 2. The predicted molar refractivity (Wildman–Crippen MR) is 94.8 cm³/mol. The summed E-state index contributed by atoms with van der Waals surface area (Å²) in [5.74, 6) is -1.34. The van der Waals surface area contributed by atoms with Crippen molar-refractivity contribution in [3.05, 3.63) is 82.7 Å². The maximum Gasteiger partial charge on any atom is 0.290 e. The minimum Gasteiger partial charge on any atom is -0.361 e. The molecule has 3 aromatic rings. The van der Waals surface area contributed by atoms with Crippen LogP contribution in [0.15, 0.2) is 76.7 Å². The van der Waals surface area contributed by atoms with E-state index in [0.717, 1.165) is 16.5 Å². The number of azo groups is 1. The fraction of sp³-hybridized carbons (Fsp3) is 0.0526. The van der Waals surface area contributed by atoms with Crippen molar-refractivity contribution in [3.8, 4) is 0 Å². The van der Waals surface area contributed by atoms with Crippen molar-refractivity contribution in [2.45, 2.75) is 5.92 Å². The molecule has 0 aliphatic carbocycles. The Hall–Kier alpha value is -3.05. The molecule has 1 aliphatic heterocycles. The quantitative estimate of drug-likeness (QED) is 0.695. The van der Waals surface area contributed by atoms with Crippen LogP contribution in [0.5, 0.6) is 0 Å². The number of carbonyl (C=O) groups is 2. The Kier molecular flexibility index (Phi) is 3.78. The number of allylic oxidation sites excluding steroid dienone is 1. The highest BCUT2D eigenvalue weighted by Crippen LogP contribution is 2.35. The molecule has 0 saturated heterocycles. The fourth-order valence-electron chi connectivity index (χ4n) is 2.98. The molecule has 1 amide bonds. The van der Waals surface area contributed by atoms with Crippen LogP contribution in [-0.4, -0.2) is 16.7 Å². The molecular formula is C19H12ClN3O2. The normalized spacial score (nSPS) is 14.8. The smallest absolute Gasteiger partial charge is 0.290 e.